The molecule has 0 radical (unpaired) electrons. The first-order valence-corrected chi connectivity index (χ1v) is 9.15. The van der Waals surface area contributed by atoms with E-state index in [2.05, 4.69) is 22.8 Å². The van der Waals surface area contributed by atoms with Crippen LogP contribution in [-0.2, 0) is 16.0 Å². The van der Waals surface area contributed by atoms with E-state index in [0.29, 0.717) is 26.2 Å². The quantitative estimate of drug-likeness (QED) is 0.853. The molecule has 1 fully saturated rings. The van der Waals surface area contributed by atoms with Crippen molar-refractivity contribution < 1.29 is 14.3 Å². The molecular formula is C21H25N3O3. The maximum Gasteiger partial charge on any atom is 0.319 e. The van der Waals surface area contributed by atoms with Gasteiger partial charge >= 0.3 is 6.03 Å². The third-order valence-corrected chi connectivity index (χ3v) is 4.51. The minimum absolute atomic E-state index is 0.0305. The predicted molar refractivity (Wildman–Crippen MR) is 105 cm³/mol. The number of benzene rings is 2. The third-order valence-electron chi connectivity index (χ3n) is 4.51. The molecule has 2 aromatic rings. The van der Waals surface area contributed by atoms with Gasteiger partial charge in [-0.1, -0.05) is 42.5 Å². The molecule has 0 aromatic heterocycles. The van der Waals surface area contributed by atoms with Gasteiger partial charge in [0.1, 0.15) is 0 Å². The minimum atomic E-state index is -0.282. The molecule has 3 amide bonds. The van der Waals surface area contributed by atoms with Crippen molar-refractivity contribution in [1.29, 1.82) is 0 Å². The number of rotatable bonds is 5. The summed E-state index contributed by atoms with van der Waals surface area (Å²) in [4.78, 5) is 25.4. The number of urea groups is 1. The number of amides is 3. The monoisotopic (exact) mass is 367 g/mol. The summed E-state index contributed by atoms with van der Waals surface area (Å²) in [6.45, 7) is 3.51. The van der Waals surface area contributed by atoms with Gasteiger partial charge in [0, 0.05) is 32.2 Å². The summed E-state index contributed by atoms with van der Waals surface area (Å²) in [5, 5.41) is 5.67. The van der Waals surface area contributed by atoms with Crippen LogP contribution in [0.3, 0.4) is 0 Å². The van der Waals surface area contributed by atoms with Gasteiger partial charge in [0.2, 0.25) is 5.91 Å². The van der Waals surface area contributed by atoms with Crippen LogP contribution in [0, 0.1) is 0 Å². The van der Waals surface area contributed by atoms with Crippen molar-refractivity contribution in [2.45, 2.75) is 19.4 Å². The zero-order valence-corrected chi connectivity index (χ0v) is 15.5. The molecule has 6 heteroatoms. The van der Waals surface area contributed by atoms with Gasteiger partial charge in [-0.3, -0.25) is 4.79 Å². The largest absolute Gasteiger partial charge is 0.373 e. The van der Waals surface area contributed by atoms with E-state index in [9.17, 15) is 9.59 Å². The molecule has 142 valence electrons. The second-order valence-electron chi connectivity index (χ2n) is 6.66. The fourth-order valence-corrected chi connectivity index (χ4v) is 3.10. The summed E-state index contributed by atoms with van der Waals surface area (Å²) in [6.07, 6.45) is 0.632. The SMILES string of the molecule is CC(=O)N1CCO[C@H](CNC(=O)Nc2cccc(Cc3ccccc3)c2)C1. The van der Waals surface area contributed by atoms with Crippen LogP contribution in [0.2, 0.25) is 0 Å². The molecule has 1 heterocycles. The molecule has 0 spiro atoms. The van der Waals surface area contributed by atoms with Crippen molar-refractivity contribution in [3.05, 3.63) is 65.7 Å². The summed E-state index contributed by atoms with van der Waals surface area (Å²) < 4.78 is 5.61. The number of nitrogens with one attached hydrogen (secondary N) is 2. The van der Waals surface area contributed by atoms with Crippen LogP contribution in [0.15, 0.2) is 54.6 Å². The van der Waals surface area contributed by atoms with Crippen LogP contribution in [-0.4, -0.2) is 49.2 Å². The number of ether oxygens (including phenoxy) is 1. The molecule has 6 nitrogen and oxygen atoms in total. The van der Waals surface area contributed by atoms with Gasteiger partial charge in [-0.25, -0.2) is 4.79 Å². The molecule has 0 unspecified atom stereocenters. The lowest BCUT2D eigenvalue weighted by molar-refractivity contribution is -0.136. The molecule has 1 atom stereocenters. The maximum atomic E-state index is 12.2. The molecule has 0 bridgehead atoms. The van der Waals surface area contributed by atoms with Gasteiger partial charge in [-0.2, -0.15) is 0 Å². The summed E-state index contributed by atoms with van der Waals surface area (Å²) in [5.41, 5.74) is 3.10. The van der Waals surface area contributed by atoms with Crippen LogP contribution < -0.4 is 10.6 Å². The summed E-state index contributed by atoms with van der Waals surface area (Å²) in [5.74, 6) is 0.0305. The molecule has 27 heavy (non-hydrogen) atoms. The second-order valence-corrected chi connectivity index (χ2v) is 6.66. The highest BCUT2D eigenvalue weighted by Gasteiger charge is 2.22. The lowest BCUT2D eigenvalue weighted by Crippen LogP contribution is -2.49. The van der Waals surface area contributed by atoms with Crippen molar-refractivity contribution in [2.75, 3.05) is 31.6 Å². The van der Waals surface area contributed by atoms with Gasteiger partial charge in [-0.05, 0) is 29.7 Å². The highest BCUT2D eigenvalue weighted by molar-refractivity contribution is 5.89. The lowest BCUT2D eigenvalue weighted by Gasteiger charge is -2.32. The molecule has 0 aliphatic carbocycles. The number of hydrogen-bond acceptors (Lipinski definition) is 3. The molecular weight excluding hydrogens is 342 g/mol. The van der Waals surface area contributed by atoms with E-state index in [-0.39, 0.29) is 18.0 Å². The number of morpholine rings is 1. The second kappa shape index (κ2) is 9.19. The molecule has 2 N–H and O–H groups in total. The van der Waals surface area contributed by atoms with E-state index in [0.717, 1.165) is 17.7 Å². The number of carbonyl (C=O) groups is 2. The molecule has 1 aliphatic rings. The van der Waals surface area contributed by atoms with Crippen LogP contribution >= 0.6 is 0 Å². The van der Waals surface area contributed by atoms with Crippen LogP contribution in [0.25, 0.3) is 0 Å². The Hall–Kier alpha value is -2.86. The highest BCUT2D eigenvalue weighted by Crippen LogP contribution is 2.14. The van der Waals surface area contributed by atoms with Gasteiger partial charge in [0.15, 0.2) is 0 Å². The van der Waals surface area contributed by atoms with Crippen molar-refractivity contribution in [2.24, 2.45) is 0 Å². The molecule has 1 saturated heterocycles. The van der Waals surface area contributed by atoms with E-state index >= 15 is 0 Å². The fourth-order valence-electron chi connectivity index (χ4n) is 3.10. The maximum absolute atomic E-state index is 12.2. The van der Waals surface area contributed by atoms with Crippen molar-refractivity contribution in [3.8, 4) is 0 Å². The number of nitrogens with zero attached hydrogens (tertiary/aromatic N) is 1. The highest BCUT2D eigenvalue weighted by atomic mass is 16.5. The summed E-state index contributed by atoms with van der Waals surface area (Å²) in [6, 6.07) is 17.7. The van der Waals surface area contributed by atoms with Gasteiger partial charge in [-0.15, -0.1) is 0 Å². The van der Waals surface area contributed by atoms with E-state index in [1.54, 1.807) is 11.8 Å². The summed E-state index contributed by atoms with van der Waals surface area (Å²) >= 11 is 0. The number of anilines is 1. The van der Waals surface area contributed by atoms with Gasteiger partial charge in [0.25, 0.3) is 0 Å². The Bertz CT molecular complexity index is 779. The molecule has 3 rings (SSSR count). The number of carbonyl (C=O) groups excluding carboxylic acids is 2. The Morgan fingerprint density at radius 2 is 1.89 bits per heavy atom. The Morgan fingerprint density at radius 3 is 2.67 bits per heavy atom. The normalized spacial score (nSPS) is 16.6. The predicted octanol–water partition coefficient (Wildman–Crippen LogP) is 2.65. The van der Waals surface area contributed by atoms with Crippen molar-refractivity contribution >= 4 is 17.6 Å². The molecule has 1 aliphatic heterocycles. The Morgan fingerprint density at radius 1 is 1.11 bits per heavy atom. The van der Waals surface area contributed by atoms with Crippen LogP contribution in [0.4, 0.5) is 10.5 Å². The van der Waals surface area contributed by atoms with E-state index in [4.69, 9.17) is 4.74 Å². The first kappa shape index (κ1) is 18.9. The minimum Gasteiger partial charge on any atom is -0.373 e. The summed E-state index contributed by atoms with van der Waals surface area (Å²) in [7, 11) is 0. The topological polar surface area (TPSA) is 70.7 Å². The van der Waals surface area contributed by atoms with Crippen molar-refractivity contribution in [1.82, 2.24) is 10.2 Å². The standard InChI is InChI=1S/C21H25N3O3/c1-16(25)24-10-11-27-20(15-24)14-22-21(26)23-19-9-5-8-18(13-19)12-17-6-3-2-4-7-17/h2-9,13,20H,10-12,14-15H2,1H3,(H2,22,23,26)/t20-/m1/s1. The fraction of sp³-hybridized carbons (Fsp3) is 0.333. The Kier molecular flexibility index (Phi) is 6.44. The number of hydrogen-bond donors (Lipinski definition) is 2. The lowest BCUT2D eigenvalue weighted by atomic mass is 10.0. The van der Waals surface area contributed by atoms with E-state index < -0.39 is 0 Å². The van der Waals surface area contributed by atoms with Crippen molar-refractivity contribution in [3.63, 3.8) is 0 Å². The third kappa shape index (κ3) is 5.82. The van der Waals surface area contributed by atoms with E-state index in [1.807, 2.05) is 42.5 Å². The Balaban J connectivity index is 1.49. The molecule has 2 aromatic carbocycles. The first-order valence-electron chi connectivity index (χ1n) is 9.15. The van der Waals surface area contributed by atoms with Crippen LogP contribution in [0.5, 0.6) is 0 Å². The Labute approximate surface area is 159 Å². The molecule has 0 saturated carbocycles. The first-order chi connectivity index (χ1) is 13.1. The zero-order chi connectivity index (χ0) is 19.1. The average Bonchev–Trinajstić information content (AvgIpc) is 2.68. The van der Waals surface area contributed by atoms with E-state index in [1.165, 1.54) is 5.56 Å². The van der Waals surface area contributed by atoms with Gasteiger partial charge in [0.05, 0.1) is 12.7 Å². The van der Waals surface area contributed by atoms with Crippen LogP contribution in [0.1, 0.15) is 18.1 Å². The smallest absolute Gasteiger partial charge is 0.319 e. The zero-order valence-electron chi connectivity index (χ0n) is 15.5. The average molecular weight is 367 g/mol. The van der Waals surface area contributed by atoms with Gasteiger partial charge < -0.3 is 20.3 Å².